The van der Waals surface area contributed by atoms with Crippen LogP contribution >= 0.6 is 0 Å². The number of hydrogen-bond acceptors (Lipinski definition) is 2. The number of benzene rings is 1. The number of urea groups is 1. The number of hydrogen-bond donors (Lipinski definition) is 1. The lowest BCUT2D eigenvalue weighted by Gasteiger charge is -2.20. The van der Waals surface area contributed by atoms with Gasteiger partial charge < -0.3 is 15.0 Å². The van der Waals surface area contributed by atoms with Gasteiger partial charge in [0.2, 0.25) is 0 Å². The van der Waals surface area contributed by atoms with E-state index in [0.29, 0.717) is 13.2 Å². The topological polar surface area (TPSA) is 41.6 Å². The molecule has 0 heterocycles. The van der Waals surface area contributed by atoms with E-state index in [1.54, 1.807) is 0 Å². The zero-order chi connectivity index (χ0) is 16.8. The van der Waals surface area contributed by atoms with Gasteiger partial charge in [0.15, 0.2) is 0 Å². The summed E-state index contributed by atoms with van der Waals surface area (Å²) in [6, 6.07) is 4.79. The summed E-state index contributed by atoms with van der Waals surface area (Å²) >= 11 is 0. The first-order valence-electron chi connectivity index (χ1n) is 6.97. The quantitative estimate of drug-likeness (QED) is 0.818. The first-order valence-corrected chi connectivity index (χ1v) is 6.97. The van der Waals surface area contributed by atoms with Crippen LogP contribution in [0.4, 0.5) is 18.0 Å². The van der Waals surface area contributed by atoms with E-state index in [0.717, 1.165) is 6.07 Å². The van der Waals surface area contributed by atoms with Crippen molar-refractivity contribution in [3.63, 3.8) is 0 Å². The number of nitrogens with zero attached hydrogens (tertiary/aromatic N) is 1. The van der Waals surface area contributed by atoms with Crippen LogP contribution in [0.25, 0.3) is 0 Å². The summed E-state index contributed by atoms with van der Waals surface area (Å²) in [5, 5.41) is 2.60. The molecule has 0 fully saturated rings. The molecule has 0 aliphatic rings. The molecule has 0 saturated carbocycles. The molecule has 0 aromatic heterocycles. The molecule has 0 saturated heterocycles. The molecule has 1 aromatic rings. The SMILES string of the molecule is CC(C)OCCNC(=O)N(C)Cc1ccccc1C(F)(F)F. The Bertz CT molecular complexity index is 490. The third-order valence-electron chi connectivity index (χ3n) is 2.91. The molecule has 22 heavy (non-hydrogen) atoms. The average Bonchev–Trinajstić information content (AvgIpc) is 2.42. The molecular weight excluding hydrogens is 297 g/mol. The summed E-state index contributed by atoms with van der Waals surface area (Å²) in [5.74, 6) is 0. The van der Waals surface area contributed by atoms with Crippen molar-refractivity contribution in [1.29, 1.82) is 0 Å². The van der Waals surface area contributed by atoms with Gasteiger partial charge in [-0.2, -0.15) is 13.2 Å². The Hall–Kier alpha value is -1.76. The molecule has 0 unspecified atom stereocenters. The molecule has 1 rings (SSSR count). The Labute approximate surface area is 128 Å². The zero-order valence-electron chi connectivity index (χ0n) is 12.9. The number of carbonyl (C=O) groups excluding carboxylic acids is 1. The van der Waals surface area contributed by atoms with Gasteiger partial charge in [-0.1, -0.05) is 18.2 Å². The van der Waals surface area contributed by atoms with Crippen LogP contribution in [-0.2, 0) is 17.5 Å². The van der Waals surface area contributed by atoms with Crippen molar-refractivity contribution in [3.05, 3.63) is 35.4 Å². The van der Waals surface area contributed by atoms with E-state index in [1.165, 1.54) is 30.1 Å². The standard InChI is InChI=1S/C15H21F3N2O2/c1-11(2)22-9-8-19-14(21)20(3)10-12-6-4-5-7-13(12)15(16,17)18/h4-7,11H,8-10H2,1-3H3,(H,19,21). The predicted molar refractivity (Wildman–Crippen MR) is 77.4 cm³/mol. The number of alkyl halides is 3. The molecular formula is C15H21F3N2O2. The molecule has 7 heteroatoms. The number of rotatable bonds is 6. The van der Waals surface area contributed by atoms with Crippen LogP contribution in [0.2, 0.25) is 0 Å². The van der Waals surface area contributed by atoms with E-state index in [1.807, 2.05) is 13.8 Å². The van der Waals surface area contributed by atoms with Gasteiger partial charge in [-0.05, 0) is 25.5 Å². The maximum absolute atomic E-state index is 12.9. The summed E-state index contributed by atoms with van der Waals surface area (Å²) in [6.07, 6.45) is -4.37. The number of amides is 2. The lowest BCUT2D eigenvalue weighted by Crippen LogP contribution is -2.39. The van der Waals surface area contributed by atoms with Crippen molar-refractivity contribution < 1.29 is 22.7 Å². The van der Waals surface area contributed by atoms with Gasteiger partial charge in [-0.25, -0.2) is 4.79 Å². The van der Waals surface area contributed by atoms with Crippen LogP contribution in [-0.4, -0.2) is 37.2 Å². The maximum atomic E-state index is 12.9. The second kappa shape index (κ2) is 8.03. The molecule has 0 aliphatic heterocycles. The van der Waals surface area contributed by atoms with Gasteiger partial charge in [0.05, 0.1) is 18.3 Å². The fraction of sp³-hybridized carbons (Fsp3) is 0.533. The molecule has 2 amide bonds. The van der Waals surface area contributed by atoms with Crippen LogP contribution < -0.4 is 5.32 Å². The van der Waals surface area contributed by atoms with Crippen molar-refractivity contribution in [2.24, 2.45) is 0 Å². The molecule has 124 valence electrons. The highest BCUT2D eigenvalue weighted by Gasteiger charge is 2.33. The minimum Gasteiger partial charge on any atom is -0.377 e. The van der Waals surface area contributed by atoms with Crippen molar-refractivity contribution in [2.75, 3.05) is 20.2 Å². The van der Waals surface area contributed by atoms with Gasteiger partial charge in [-0.15, -0.1) is 0 Å². The van der Waals surface area contributed by atoms with Crippen molar-refractivity contribution in [3.8, 4) is 0 Å². The van der Waals surface area contributed by atoms with Gasteiger partial charge in [-0.3, -0.25) is 0 Å². The molecule has 0 atom stereocenters. The average molecular weight is 318 g/mol. The Morgan fingerprint density at radius 1 is 1.32 bits per heavy atom. The van der Waals surface area contributed by atoms with Gasteiger partial charge in [0.25, 0.3) is 0 Å². The summed E-state index contributed by atoms with van der Waals surface area (Å²) < 4.78 is 43.9. The zero-order valence-corrected chi connectivity index (χ0v) is 12.9. The number of carbonyl (C=O) groups is 1. The fourth-order valence-corrected chi connectivity index (χ4v) is 1.85. The lowest BCUT2D eigenvalue weighted by molar-refractivity contribution is -0.138. The second-order valence-electron chi connectivity index (χ2n) is 5.16. The van der Waals surface area contributed by atoms with E-state index in [4.69, 9.17) is 4.74 Å². The Morgan fingerprint density at radius 2 is 1.95 bits per heavy atom. The maximum Gasteiger partial charge on any atom is 0.416 e. The predicted octanol–water partition coefficient (Wildman–Crippen LogP) is 3.27. The van der Waals surface area contributed by atoms with Crippen molar-refractivity contribution in [1.82, 2.24) is 10.2 Å². The Balaban J connectivity index is 2.58. The van der Waals surface area contributed by atoms with Gasteiger partial charge >= 0.3 is 12.2 Å². The normalized spacial score (nSPS) is 11.6. The van der Waals surface area contributed by atoms with Crippen LogP contribution in [0.5, 0.6) is 0 Å². The number of ether oxygens (including phenoxy) is 1. The summed E-state index contributed by atoms with van der Waals surface area (Å²) in [4.78, 5) is 13.0. The fourth-order valence-electron chi connectivity index (χ4n) is 1.85. The van der Waals surface area contributed by atoms with Crippen LogP contribution in [0, 0.1) is 0 Å². The summed E-state index contributed by atoms with van der Waals surface area (Å²) in [7, 11) is 1.45. The highest BCUT2D eigenvalue weighted by atomic mass is 19.4. The van der Waals surface area contributed by atoms with Crippen molar-refractivity contribution in [2.45, 2.75) is 32.7 Å². The van der Waals surface area contributed by atoms with E-state index in [9.17, 15) is 18.0 Å². The van der Waals surface area contributed by atoms with Crippen LogP contribution in [0.3, 0.4) is 0 Å². The smallest absolute Gasteiger partial charge is 0.377 e. The Morgan fingerprint density at radius 3 is 2.55 bits per heavy atom. The molecule has 0 bridgehead atoms. The first kappa shape index (κ1) is 18.3. The molecule has 0 radical (unpaired) electrons. The molecule has 1 aromatic carbocycles. The van der Waals surface area contributed by atoms with Crippen molar-refractivity contribution >= 4 is 6.03 Å². The van der Waals surface area contributed by atoms with Crippen LogP contribution in [0.15, 0.2) is 24.3 Å². The van der Waals surface area contributed by atoms with E-state index < -0.39 is 17.8 Å². The minimum atomic E-state index is -4.43. The highest BCUT2D eigenvalue weighted by Crippen LogP contribution is 2.32. The molecule has 4 nitrogen and oxygen atoms in total. The Kier molecular flexibility index (Phi) is 6.67. The monoisotopic (exact) mass is 318 g/mol. The van der Waals surface area contributed by atoms with E-state index in [2.05, 4.69) is 5.32 Å². The third kappa shape index (κ3) is 5.93. The lowest BCUT2D eigenvalue weighted by atomic mass is 10.1. The molecule has 0 spiro atoms. The van der Waals surface area contributed by atoms with Gasteiger partial charge in [0.1, 0.15) is 0 Å². The molecule has 1 N–H and O–H groups in total. The van der Waals surface area contributed by atoms with E-state index in [-0.39, 0.29) is 18.2 Å². The second-order valence-corrected chi connectivity index (χ2v) is 5.16. The first-order chi connectivity index (χ1) is 10.2. The largest absolute Gasteiger partial charge is 0.416 e. The third-order valence-corrected chi connectivity index (χ3v) is 2.91. The van der Waals surface area contributed by atoms with Crippen LogP contribution in [0.1, 0.15) is 25.0 Å². The summed E-state index contributed by atoms with van der Waals surface area (Å²) in [5.41, 5.74) is -0.663. The number of halogens is 3. The highest BCUT2D eigenvalue weighted by molar-refractivity contribution is 5.73. The van der Waals surface area contributed by atoms with Gasteiger partial charge in [0, 0.05) is 20.1 Å². The number of nitrogens with one attached hydrogen (secondary N) is 1. The van der Waals surface area contributed by atoms with E-state index >= 15 is 0 Å². The summed E-state index contributed by atoms with van der Waals surface area (Å²) in [6.45, 7) is 4.30. The minimum absolute atomic E-state index is 0.0612. The molecule has 0 aliphatic carbocycles.